The predicted octanol–water partition coefficient (Wildman–Crippen LogP) is 2.76. The molecule has 9 heteroatoms. The Labute approximate surface area is 200 Å². The summed E-state index contributed by atoms with van der Waals surface area (Å²) in [7, 11) is 7.68. The van der Waals surface area contributed by atoms with Gasteiger partial charge in [-0.1, -0.05) is 0 Å². The van der Waals surface area contributed by atoms with E-state index in [0.29, 0.717) is 79.0 Å². The predicted molar refractivity (Wildman–Crippen MR) is 127 cm³/mol. The molecule has 0 N–H and O–H groups in total. The van der Waals surface area contributed by atoms with Crippen molar-refractivity contribution in [2.45, 2.75) is 6.42 Å². The minimum absolute atomic E-state index is 0.0388. The third-order valence-corrected chi connectivity index (χ3v) is 5.93. The van der Waals surface area contributed by atoms with Gasteiger partial charge in [-0.2, -0.15) is 0 Å². The Balaban J connectivity index is 1.56. The SMILES string of the molecule is COc1ccc(C(=O)CCN2CCN(C(=O)c3cc(OC)c(OC)c(OC)c3)CC2)cc1OC. The number of carbonyl (C=O) groups excluding carboxylic acids is 2. The lowest BCUT2D eigenvalue weighted by Gasteiger charge is -2.34. The third-order valence-electron chi connectivity index (χ3n) is 5.93. The molecular formula is C25H32N2O7. The summed E-state index contributed by atoms with van der Waals surface area (Å²) in [4.78, 5) is 29.7. The number of methoxy groups -OCH3 is 5. The number of hydrogen-bond donors (Lipinski definition) is 0. The molecule has 0 radical (unpaired) electrons. The van der Waals surface area contributed by atoms with E-state index in [1.807, 2.05) is 0 Å². The summed E-state index contributed by atoms with van der Waals surface area (Å²) < 4.78 is 26.6. The maximum Gasteiger partial charge on any atom is 0.254 e. The molecule has 0 aliphatic carbocycles. The van der Waals surface area contributed by atoms with Crippen LogP contribution in [0.3, 0.4) is 0 Å². The molecule has 1 aliphatic rings. The van der Waals surface area contributed by atoms with Crippen molar-refractivity contribution < 1.29 is 33.3 Å². The molecule has 0 atom stereocenters. The molecule has 2 aromatic carbocycles. The van der Waals surface area contributed by atoms with Crippen LogP contribution in [0.2, 0.25) is 0 Å². The van der Waals surface area contributed by atoms with Crippen LogP contribution in [-0.4, -0.2) is 89.8 Å². The second-order valence-corrected chi connectivity index (χ2v) is 7.79. The van der Waals surface area contributed by atoms with Gasteiger partial charge in [0.05, 0.1) is 35.5 Å². The largest absolute Gasteiger partial charge is 0.493 e. The fraction of sp³-hybridized carbons (Fsp3) is 0.440. The molecule has 0 unspecified atom stereocenters. The van der Waals surface area contributed by atoms with Gasteiger partial charge in [-0.15, -0.1) is 0 Å². The maximum atomic E-state index is 13.1. The van der Waals surface area contributed by atoms with Crippen LogP contribution in [0.1, 0.15) is 27.1 Å². The first kappa shape index (κ1) is 25.2. The molecule has 0 saturated carbocycles. The number of ketones is 1. The van der Waals surface area contributed by atoms with Gasteiger partial charge in [0.2, 0.25) is 5.75 Å². The van der Waals surface area contributed by atoms with Crippen LogP contribution in [-0.2, 0) is 0 Å². The lowest BCUT2D eigenvalue weighted by Crippen LogP contribution is -2.49. The molecule has 1 fully saturated rings. The number of rotatable bonds is 10. The second kappa shape index (κ2) is 11.6. The van der Waals surface area contributed by atoms with Crippen LogP contribution >= 0.6 is 0 Å². The van der Waals surface area contributed by atoms with Gasteiger partial charge in [0.1, 0.15) is 0 Å². The number of piperazine rings is 1. The van der Waals surface area contributed by atoms with E-state index >= 15 is 0 Å². The average Bonchev–Trinajstić information content (AvgIpc) is 2.90. The highest BCUT2D eigenvalue weighted by Crippen LogP contribution is 2.38. The maximum absolute atomic E-state index is 13.1. The number of hydrogen-bond acceptors (Lipinski definition) is 8. The molecule has 34 heavy (non-hydrogen) atoms. The number of amides is 1. The summed E-state index contributed by atoms with van der Waals surface area (Å²) in [5.41, 5.74) is 1.07. The van der Waals surface area contributed by atoms with Crippen LogP contribution in [0.15, 0.2) is 30.3 Å². The Morgan fingerprint density at radius 3 is 1.79 bits per heavy atom. The van der Waals surface area contributed by atoms with Crippen molar-refractivity contribution in [2.75, 3.05) is 68.3 Å². The monoisotopic (exact) mass is 472 g/mol. The van der Waals surface area contributed by atoms with Gasteiger partial charge in [0.25, 0.3) is 5.91 Å². The zero-order valence-corrected chi connectivity index (χ0v) is 20.4. The van der Waals surface area contributed by atoms with Crippen molar-refractivity contribution in [3.8, 4) is 28.7 Å². The first-order valence-electron chi connectivity index (χ1n) is 11.0. The Bertz CT molecular complexity index is 991. The number of Topliss-reactive ketones (excluding diaryl/α,β-unsaturated/α-hetero) is 1. The van der Waals surface area contributed by atoms with Gasteiger partial charge in [-0.05, 0) is 30.3 Å². The Hall–Kier alpha value is -3.46. The van der Waals surface area contributed by atoms with Crippen LogP contribution in [0.4, 0.5) is 0 Å². The molecular weight excluding hydrogens is 440 g/mol. The molecule has 0 spiro atoms. The molecule has 1 amide bonds. The Morgan fingerprint density at radius 1 is 0.706 bits per heavy atom. The van der Waals surface area contributed by atoms with Crippen molar-refractivity contribution >= 4 is 11.7 Å². The molecule has 2 aromatic rings. The van der Waals surface area contributed by atoms with E-state index in [9.17, 15) is 9.59 Å². The van der Waals surface area contributed by atoms with Crippen LogP contribution in [0.5, 0.6) is 28.7 Å². The Morgan fingerprint density at radius 2 is 1.26 bits per heavy atom. The van der Waals surface area contributed by atoms with E-state index in [-0.39, 0.29) is 11.7 Å². The third kappa shape index (κ3) is 5.53. The molecule has 1 aliphatic heterocycles. The van der Waals surface area contributed by atoms with Crippen LogP contribution in [0.25, 0.3) is 0 Å². The summed E-state index contributed by atoms with van der Waals surface area (Å²) in [6.45, 7) is 3.14. The fourth-order valence-corrected chi connectivity index (χ4v) is 3.98. The molecule has 1 heterocycles. The van der Waals surface area contributed by atoms with E-state index in [2.05, 4.69) is 4.90 Å². The average molecular weight is 473 g/mol. The highest BCUT2D eigenvalue weighted by atomic mass is 16.5. The van der Waals surface area contributed by atoms with E-state index < -0.39 is 0 Å². The summed E-state index contributed by atoms with van der Waals surface area (Å²) in [6.07, 6.45) is 0.385. The topological polar surface area (TPSA) is 86.8 Å². The molecule has 0 bridgehead atoms. The zero-order valence-electron chi connectivity index (χ0n) is 20.4. The lowest BCUT2D eigenvalue weighted by molar-refractivity contribution is 0.0627. The molecule has 184 valence electrons. The highest BCUT2D eigenvalue weighted by molar-refractivity contribution is 5.97. The minimum Gasteiger partial charge on any atom is -0.493 e. The normalized spacial score (nSPS) is 13.9. The van der Waals surface area contributed by atoms with Crippen molar-refractivity contribution in [1.82, 2.24) is 9.80 Å². The highest BCUT2D eigenvalue weighted by Gasteiger charge is 2.25. The molecule has 0 aromatic heterocycles. The number of ether oxygens (including phenoxy) is 5. The van der Waals surface area contributed by atoms with Crippen molar-refractivity contribution in [1.29, 1.82) is 0 Å². The van der Waals surface area contributed by atoms with Crippen molar-refractivity contribution in [3.05, 3.63) is 41.5 Å². The standard InChI is InChI=1S/C25H32N2O7/c1-30-20-7-6-17(14-21(20)31-2)19(28)8-9-26-10-12-27(13-11-26)25(29)18-15-22(32-3)24(34-5)23(16-18)33-4/h6-7,14-16H,8-13H2,1-5H3. The quantitative estimate of drug-likeness (QED) is 0.488. The number of benzene rings is 2. The van der Waals surface area contributed by atoms with Gasteiger partial charge in [0, 0.05) is 50.3 Å². The Kier molecular flexibility index (Phi) is 8.59. The van der Waals surface area contributed by atoms with E-state index in [4.69, 9.17) is 23.7 Å². The minimum atomic E-state index is -0.0969. The summed E-state index contributed by atoms with van der Waals surface area (Å²) >= 11 is 0. The van der Waals surface area contributed by atoms with Crippen molar-refractivity contribution in [2.24, 2.45) is 0 Å². The smallest absolute Gasteiger partial charge is 0.254 e. The second-order valence-electron chi connectivity index (χ2n) is 7.79. The summed E-state index contributed by atoms with van der Waals surface area (Å²) in [6, 6.07) is 8.52. The first-order chi connectivity index (χ1) is 16.4. The zero-order chi connectivity index (χ0) is 24.7. The molecule has 1 saturated heterocycles. The van der Waals surface area contributed by atoms with Gasteiger partial charge in [-0.3, -0.25) is 14.5 Å². The molecule has 3 rings (SSSR count). The van der Waals surface area contributed by atoms with Crippen molar-refractivity contribution in [3.63, 3.8) is 0 Å². The number of nitrogens with zero attached hydrogens (tertiary/aromatic N) is 2. The molecule has 9 nitrogen and oxygen atoms in total. The van der Waals surface area contributed by atoms with Gasteiger partial charge in [0.15, 0.2) is 28.8 Å². The summed E-state index contributed by atoms with van der Waals surface area (Å²) in [5, 5.41) is 0. The van der Waals surface area contributed by atoms with Gasteiger partial charge in [-0.25, -0.2) is 0 Å². The van der Waals surface area contributed by atoms with E-state index in [0.717, 1.165) is 0 Å². The first-order valence-corrected chi connectivity index (χ1v) is 11.0. The van der Waals surface area contributed by atoms with Gasteiger partial charge < -0.3 is 28.6 Å². The lowest BCUT2D eigenvalue weighted by atomic mass is 10.1. The van der Waals surface area contributed by atoms with Gasteiger partial charge >= 0.3 is 0 Å². The van der Waals surface area contributed by atoms with E-state index in [1.54, 1.807) is 49.5 Å². The summed E-state index contributed by atoms with van der Waals surface area (Å²) in [5.74, 6) is 2.40. The number of carbonyl (C=O) groups is 2. The van der Waals surface area contributed by atoms with Crippen LogP contribution < -0.4 is 23.7 Å². The fourth-order valence-electron chi connectivity index (χ4n) is 3.98. The van der Waals surface area contributed by atoms with E-state index in [1.165, 1.54) is 21.3 Å². The van der Waals surface area contributed by atoms with Crippen LogP contribution in [0, 0.1) is 0 Å².